The van der Waals surface area contributed by atoms with Gasteiger partial charge in [-0.05, 0) is 18.2 Å². The third kappa shape index (κ3) is 4.60. The second kappa shape index (κ2) is 7.31. The van der Waals surface area contributed by atoms with Crippen LogP contribution in [0.4, 0.5) is 13.2 Å². The molecule has 120 valence electrons. The van der Waals surface area contributed by atoms with E-state index in [-0.39, 0.29) is 12.2 Å². The number of halogens is 4. The van der Waals surface area contributed by atoms with E-state index in [1.165, 1.54) is 12.1 Å². The summed E-state index contributed by atoms with van der Waals surface area (Å²) in [5.41, 5.74) is 0.371. The normalized spacial score (nSPS) is 17.8. The van der Waals surface area contributed by atoms with Crippen LogP contribution in [0.25, 0.3) is 0 Å². The highest BCUT2D eigenvalue weighted by Gasteiger charge is 2.34. The van der Waals surface area contributed by atoms with Crippen LogP contribution in [0.2, 0.25) is 0 Å². The first-order valence-electron chi connectivity index (χ1n) is 6.77. The molecule has 1 aliphatic rings. The summed E-state index contributed by atoms with van der Waals surface area (Å²) in [7, 11) is 0. The number of piperazine rings is 1. The smallest absolute Gasteiger partial charge is 0.405 e. The van der Waals surface area contributed by atoms with Crippen LogP contribution in [-0.4, -0.2) is 37.4 Å². The van der Waals surface area contributed by atoms with Gasteiger partial charge in [-0.15, -0.1) is 13.2 Å². The quantitative estimate of drug-likeness (QED) is 0.874. The lowest BCUT2D eigenvalue weighted by Crippen LogP contribution is -2.45. The average Bonchev–Trinajstić information content (AvgIpc) is 2.46. The van der Waals surface area contributed by atoms with E-state index in [2.05, 4.69) is 32.1 Å². The van der Waals surface area contributed by atoms with Gasteiger partial charge in [0.15, 0.2) is 0 Å². The summed E-state index contributed by atoms with van der Waals surface area (Å²) in [5.74, 6) is -0.255. The maximum Gasteiger partial charge on any atom is 0.573 e. The molecule has 0 bridgehead atoms. The lowest BCUT2D eigenvalue weighted by Gasteiger charge is -2.34. The molecule has 1 heterocycles. The number of nitrogens with zero attached hydrogens (tertiary/aromatic N) is 2. The number of rotatable bonds is 4. The van der Waals surface area contributed by atoms with Crippen LogP contribution in [0.1, 0.15) is 18.0 Å². The van der Waals surface area contributed by atoms with Gasteiger partial charge in [0.1, 0.15) is 5.75 Å². The fourth-order valence-electron chi connectivity index (χ4n) is 2.51. The molecule has 1 aliphatic heterocycles. The summed E-state index contributed by atoms with van der Waals surface area (Å²) in [4.78, 5) is 2.00. The fraction of sp³-hybridized carbons (Fsp3) is 0.500. The molecule has 22 heavy (non-hydrogen) atoms. The van der Waals surface area contributed by atoms with Gasteiger partial charge in [0.25, 0.3) is 0 Å². The maximum absolute atomic E-state index is 12.6. The number of benzene rings is 1. The molecule has 8 heteroatoms. The Bertz CT molecular complexity index is 553. The summed E-state index contributed by atoms with van der Waals surface area (Å²) in [5, 5.41) is 12.2. The molecule has 1 atom stereocenters. The minimum atomic E-state index is -4.76. The van der Waals surface area contributed by atoms with Gasteiger partial charge in [-0.25, -0.2) is 0 Å². The Morgan fingerprint density at radius 1 is 1.36 bits per heavy atom. The van der Waals surface area contributed by atoms with Crippen molar-refractivity contribution in [3.8, 4) is 11.8 Å². The van der Waals surface area contributed by atoms with Gasteiger partial charge >= 0.3 is 6.36 Å². The number of ether oxygens (including phenoxy) is 1. The number of hydrogen-bond donors (Lipinski definition) is 1. The highest BCUT2D eigenvalue weighted by molar-refractivity contribution is 9.10. The van der Waals surface area contributed by atoms with Gasteiger partial charge in [-0.3, -0.25) is 4.90 Å². The Kier molecular flexibility index (Phi) is 5.67. The number of alkyl halides is 3. The van der Waals surface area contributed by atoms with Gasteiger partial charge in [0.2, 0.25) is 0 Å². The van der Waals surface area contributed by atoms with Crippen molar-refractivity contribution in [1.29, 1.82) is 5.26 Å². The molecule has 1 saturated heterocycles. The minimum absolute atomic E-state index is 0.102. The summed E-state index contributed by atoms with van der Waals surface area (Å²) in [6.45, 7) is 2.82. The minimum Gasteiger partial charge on any atom is -0.405 e. The van der Waals surface area contributed by atoms with Crippen molar-refractivity contribution >= 4 is 15.9 Å². The van der Waals surface area contributed by atoms with Crippen molar-refractivity contribution in [3.05, 3.63) is 28.2 Å². The van der Waals surface area contributed by atoms with E-state index in [0.717, 1.165) is 13.1 Å². The van der Waals surface area contributed by atoms with Gasteiger partial charge in [-0.1, -0.05) is 15.9 Å². The van der Waals surface area contributed by atoms with Crippen LogP contribution < -0.4 is 10.1 Å². The molecule has 0 spiro atoms. The van der Waals surface area contributed by atoms with Crippen LogP contribution >= 0.6 is 15.9 Å². The van der Waals surface area contributed by atoms with E-state index in [1.807, 2.05) is 4.90 Å². The first-order valence-corrected chi connectivity index (χ1v) is 7.57. The SMILES string of the molecule is N#CC[C@H](c1cc(Br)ccc1OC(F)(F)F)N1CCNCC1. The van der Waals surface area contributed by atoms with Crippen molar-refractivity contribution in [2.45, 2.75) is 18.8 Å². The summed E-state index contributed by atoms with van der Waals surface area (Å²) in [6.07, 6.45) is -4.66. The highest BCUT2D eigenvalue weighted by atomic mass is 79.9. The second-order valence-corrected chi connectivity index (χ2v) is 5.81. The summed E-state index contributed by atoms with van der Waals surface area (Å²) >= 11 is 3.27. The molecular weight excluding hydrogens is 363 g/mol. The van der Waals surface area contributed by atoms with Crippen molar-refractivity contribution in [2.75, 3.05) is 26.2 Å². The van der Waals surface area contributed by atoms with E-state index >= 15 is 0 Å². The lowest BCUT2D eigenvalue weighted by molar-refractivity contribution is -0.275. The lowest BCUT2D eigenvalue weighted by atomic mass is 10.0. The molecule has 1 aromatic rings. The van der Waals surface area contributed by atoms with Crippen LogP contribution in [0.3, 0.4) is 0 Å². The zero-order chi connectivity index (χ0) is 16.2. The molecule has 1 N–H and O–H groups in total. The van der Waals surface area contributed by atoms with E-state index in [4.69, 9.17) is 5.26 Å². The predicted molar refractivity (Wildman–Crippen MR) is 78.2 cm³/mol. The fourth-order valence-corrected chi connectivity index (χ4v) is 2.89. The molecule has 2 rings (SSSR count). The standard InChI is InChI=1S/C14H15BrF3N3O/c15-10-1-2-13(22-14(16,17)18)11(9-10)12(3-4-19)21-7-5-20-6-8-21/h1-2,9,12,20H,3,5-8H2/t12-/m1/s1. The molecule has 0 saturated carbocycles. The Balaban J connectivity index is 2.36. The number of nitrogens with one attached hydrogen (secondary N) is 1. The average molecular weight is 378 g/mol. The highest BCUT2D eigenvalue weighted by Crippen LogP contribution is 2.36. The zero-order valence-electron chi connectivity index (χ0n) is 11.7. The molecular formula is C14H15BrF3N3O. The van der Waals surface area contributed by atoms with E-state index < -0.39 is 12.4 Å². The third-order valence-corrected chi connectivity index (χ3v) is 3.93. The van der Waals surface area contributed by atoms with Gasteiger partial charge in [-0.2, -0.15) is 5.26 Å². The van der Waals surface area contributed by atoms with Crippen molar-refractivity contribution < 1.29 is 17.9 Å². The van der Waals surface area contributed by atoms with Crippen LogP contribution in [0, 0.1) is 11.3 Å². The first-order chi connectivity index (χ1) is 10.4. The van der Waals surface area contributed by atoms with Crippen molar-refractivity contribution in [2.24, 2.45) is 0 Å². The molecule has 0 unspecified atom stereocenters. The largest absolute Gasteiger partial charge is 0.573 e. The molecule has 1 aromatic carbocycles. The van der Waals surface area contributed by atoms with Gasteiger partial charge in [0.05, 0.1) is 18.5 Å². The Hall–Kier alpha value is -1.30. The Labute approximate surface area is 135 Å². The van der Waals surface area contributed by atoms with E-state index in [0.29, 0.717) is 23.1 Å². The molecule has 0 radical (unpaired) electrons. The number of nitriles is 1. The van der Waals surface area contributed by atoms with Gasteiger partial charge in [0, 0.05) is 36.2 Å². The Morgan fingerprint density at radius 3 is 2.64 bits per heavy atom. The molecule has 1 fully saturated rings. The molecule has 0 amide bonds. The van der Waals surface area contributed by atoms with Crippen LogP contribution in [0.5, 0.6) is 5.75 Å². The van der Waals surface area contributed by atoms with Crippen molar-refractivity contribution in [1.82, 2.24) is 10.2 Å². The molecule has 4 nitrogen and oxygen atoms in total. The second-order valence-electron chi connectivity index (χ2n) is 4.89. The Morgan fingerprint density at radius 2 is 2.05 bits per heavy atom. The van der Waals surface area contributed by atoms with E-state index in [9.17, 15) is 13.2 Å². The summed E-state index contributed by atoms with van der Waals surface area (Å²) < 4.78 is 42.6. The van der Waals surface area contributed by atoms with Gasteiger partial charge < -0.3 is 10.1 Å². The predicted octanol–water partition coefficient (Wildman–Crippen LogP) is 3.21. The van der Waals surface area contributed by atoms with Crippen LogP contribution in [0.15, 0.2) is 22.7 Å². The summed E-state index contributed by atoms with van der Waals surface area (Å²) in [6, 6.07) is 5.99. The first kappa shape index (κ1) is 17.1. The topological polar surface area (TPSA) is 48.3 Å². The maximum atomic E-state index is 12.6. The monoisotopic (exact) mass is 377 g/mol. The molecule has 0 aliphatic carbocycles. The molecule has 0 aromatic heterocycles. The third-order valence-electron chi connectivity index (χ3n) is 3.43. The van der Waals surface area contributed by atoms with Crippen molar-refractivity contribution in [3.63, 3.8) is 0 Å². The van der Waals surface area contributed by atoms with Crippen LogP contribution in [-0.2, 0) is 0 Å². The number of hydrogen-bond acceptors (Lipinski definition) is 4. The van der Waals surface area contributed by atoms with E-state index in [1.54, 1.807) is 6.07 Å². The zero-order valence-corrected chi connectivity index (χ0v) is 13.2.